The molecule has 4 heteroatoms. The van der Waals surface area contributed by atoms with E-state index in [0.717, 1.165) is 0 Å². The van der Waals surface area contributed by atoms with Crippen LogP contribution >= 0.6 is 27.3 Å². The van der Waals surface area contributed by atoms with Crippen LogP contribution in [-0.2, 0) is 0 Å². The van der Waals surface area contributed by atoms with Gasteiger partial charge in [-0.25, -0.2) is 9.98 Å². The summed E-state index contributed by atoms with van der Waals surface area (Å²) in [5.74, 6) is 0. The Morgan fingerprint density at radius 3 is 1.83 bits per heavy atom. The summed E-state index contributed by atoms with van der Waals surface area (Å²) in [6.45, 7) is 8.20. The monoisotopic (exact) mass is 304 g/mol. The van der Waals surface area contributed by atoms with Crippen molar-refractivity contribution in [3.8, 4) is 0 Å². The number of aliphatic imine (C=N–C) groups is 2. The molecule has 0 aliphatic rings. The predicted octanol–water partition coefficient (Wildman–Crippen LogP) is 3.09. The maximum atomic E-state index is 6.81. The van der Waals surface area contributed by atoms with Gasteiger partial charge >= 0.3 is 34.1 Å². The average molecular weight is 304 g/mol. The van der Waals surface area contributed by atoms with Crippen molar-refractivity contribution in [1.82, 2.24) is 0 Å². The molecule has 0 heterocycles. The quantitative estimate of drug-likeness (QED) is 0.331. The Kier molecular flexibility index (Phi) is 10.2. The molecule has 2 nitrogen and oxygen atoms in total. The van der Waals surface area contributed by atoms with E-state index in [2.05, 4.69) is 16.0 Å². The molecule has 0 aromatic heterocycles. The molecule has 0 saturated heterocycles. The fourth-order valence-electron chi connectivity index (χ4n) is 0.264. The second kappa shape index (κ2) is 11.5. The molecule has 0 aliphatic heterocycles. The first-order valence-electron chi connectivity index (χ1n) is 4.72. The summed E-state index contributed by atoms with van der Waals surface area (Å²) in [6.07, 6.45) is 0. The van der Waals surface area contributed by atoms with E-state index >= 15 is 0 Å². The van der Waals surface area contributed by atoms with Gasteiger partial charge in [0, 0.05) is 0 Å². The molecule has 0 bridgehead atoms. The second-order valence-corrected chi connectivity index (χ2v) is 6.35. The van der Waals surface area contributed by atoms with E-state index in [0.29, 0.717) is 12.1 Å². The number of hydrogen-bond donors (Lipinski definition) is 0. The molecule has 0 radical (unpaired) electrons. The van der Waals surface area contributed by atoms with Crippen LogP contribution in [-0.4, -0.2) is 24.9 Å². The van der Waals surface area contributed by atoms with E-state index in [1.165, 1.54) is 0 Å². The van der Waals surface area contributed by atoms with Crippen LogP contribution in [0.25, 0.3) is 0 Å². The van der Waals surface area contributed by atoms with Crippen LogP contribution in [0.4, 0.5) is 0 Å². The van der Waals surface area contributed by atoms with Crippen molar-refractivity contribution in [2.75, 3.05) is 4.93 Å². The third-order valence-corrected chi connectivity index (χ3v) is 0.632. The fraction of sp³-hybridized carbons (Fsp3) is 0.875. The molecule has 0 spiro atoms. The average Bonchev–Trinajstić information content (AvgIpc) is 2.04. The zero-order valence-corrected chi connectivity index (χ0v) is 11.6. The summed E-state index contributed by atoms with van der Waals surface area (Å²) in [7, 11) is 0. The summed E-state index contributed by atoms with van der Waals surface area (Å²) in [5, 5.41) is 0. The Labute approximate surface area is 89.9 Å². The topological polar surface area (TPSA) is 24.7 Å². The summed E-state index contributed by atoms with van der Waals surface area (Å²) >= 11 is -1.34. The van der Waals surface area contributed by atoms with Crippen LogP contribution in [0.5, 0.6) is 0 Å². The van der Waals surface area contributed by atoms with Crippen LogP contribution in [0.2, 0.25) is 0 Å². The molecule has 0 amide bonds. The van der Waals surface area contributed by atoms with E-state index < -0.39 is 20.5 Å². The number of rotatable bonds is 3. The Hall–Kier alpha value is 0.540. The third-order valence-electron chi connectivity index (χ3n) is 0.632. The molecule has 0 N–H and O–H groups in total. The normalized spacial score (nSPS) is 13.1. The van der Waals surface area contributed by atoms with E-state index in [1.807, 2.05) is 32.6 Å². The molecule has 0 aliphatic carbocycles. The van der Waals surface area contributed by atoms with E-state index in [1.54, 1.807) is 0 Å². The molecular weight excluding hydrogens is 282 g/mol. The van der Waals surface area contributed by atoms with Gasteiger partial charge in [0.1, 0.15) is 0 Å². The second-order valence-electron chi connectivity index (χ2n) is 2.73. The fourth-order valence-corrected chi connectivity index (χ4v) is 0.264. The van der Waals surface area contributed by atoms with Gasteiger partial charge in [-0.05, 0) is 27.7 Å². The van der Waals surface area contributed by atoms with Crippen molar-refractivity contribution in [2.45, 2.75) is 39.8 Å². The summed E-state index contributed by atoms with van der Waals surface area (Å²) in [6, 6.07) is 3.26. The van der Waals surface area contributed by atoms with Crippen LogP contribution < -0.4 is 0 Å². The molecule has 1 unspecified atom stereocenters. The minimum atomic E-state index is -1.34. The van der Waals surface area contributed by atoms with Gasteiger partial charge in [0.05, 0.1) is 18.1 Å². The van der Waals surface area contributed by atoms with Crippen molar-refractivity contribution in [3.63, 3.8) is 0 Å². The Bertz CT molecular complexity index is 168. The summed E-state index contributed by atoms with van der Waals surface area (Å²) < 4.78 is 13.4. The number of hydrogen-bond acceptors (Lipinski definition) is 2. The zero-order valence-electron chi connectivity index (χ0n) is 10.4. The first kappa shape index (κ1) is 10.6. The van der Waals surface area contributed by atoms with Gasteiger partial charge in [-0.1, -0.05) is 0 Å². The Morgan fingerprint density at radius 2 is 1.67 bits per heavy atom. The molecule has 0 aromatic rings. The van der Waals surface area contributed by atoms with Gasteiger partial charge in [-0.3, -0.25) is 0 Å². The molecule has 12 heavy (non-hydrogen) atoms. The van der Waals surface area contributed by atoms with Crippen molar-refractivity contribution < 1.29 is 0 Å². The summed E-state index contributed by atoms with van der Waals surface area (Å²) in [4.78, 5) is 9.77. The number of alkyl halides is 1. The van der Waals surface area contributed by atoms with Gasteiger partial charge in [0.2, 0.25) is 0 Å². The molecule has 1 atom stereocenters. The minimum absolute atomic E-state index is 0.188. The Balaban J connectivity index is 0. The van der Waals surface area contributed by atoms with Crippen LogP contribution in [0.15, 0.2) is 9.98 Å². The van der Waals surface area contributed by atoms with Crippen LogP contribution in [0, 0.1) is 0 Å². The van der Waals surface area contributed by atoms with Crippen molar-refractivity contribution in [3.05, 3.63) is 0 Å². The molecule has 0 rings (SSSR count). The van der Waals surface area contributed by atoms with E-state index in [4.69, 9.17) is 1.87 Å². The van der Waals surface area contributed by atoms with Crippen molar-refractivity contribution in [1.29, 1.82) is 1.87 Å². The van der Waals surface area contributed by atoms with E-state index in [-0.39, 0.29) is 6.83 Å². The van der Waals surface area contributed by atoms with E-state index in [9.17, 15) is 0 Å². The molecule has 0 saturated carbocycles. The molecule has 0 fully saturated rings. The van der Waals surface area contributed by atoms with Crippen molar-refractivity contribution in [2.24, 2.45) is 9.98 Å². The maximum absolute atomic E-state index is 6.81. The van der Waals surface area contributed by atoms with Gasteiger partial charge in [0.15, 0.2) is 0 Å². The van der Waals surface area contributed by atoms with Crippen molar-refractivity contribution >= 4 is 33.3 Å². The molecular formula is C8H20IN2P. The van der Waals surface area contributed by atoms with Gasteiger partial charge in [0.25, 0.3) is 0 Å². The number of halogens is 1. The third kappa shape index (κ3) is 22.4. The first-order valence-corrected chi connectivity index (χ1v) is 9.61. The summed E-state index contributed by atoms with van der Waals surface area (Å²) in [5.41, 5.74) is 0. The number of nitrogens with zero attached hydrogens (tertiary/aromatic N) is 2. The SMILES string of the molecule is CC(C)N=C=NC(C)C.[2H]PI([2H])C. The predicted molar refractivity (Wildman–Crippen MR) is 71.2 cm³/mol. The Morgan fingerprint density at radius 1 is 1.33 bits per heavy atom. The van der Waals surface area contributed by atoms with Gasteiger partial charge < -0.3 is 0 Å². The zero-order chi connectivity index (χ0) is 11.6. The molecule has 74 valence electrons. The van der Waals surface area contributed by atoms with Crippen LogP contribution in [0.3, 0.4) is 0 Å². The first-order chi connectivity index (χ1) is 6.40. The standard InChI is InChI=1S/C7H14N2.CH6IP/c1-6(2)8-5-9-7(3)4;1-2-3/h6-7H,1-4H3;2H,3H2,1H3/i;2D,3D. The molecule has 0 aromatic carbocycles. The van der Waals surface area contributed by atoms with Crippen LogP contribution in [0.1, 0.15) is 27.7 Å². The van der Waals surface area contributed by atoms with Gasteiger partial charge in [-0.15, -0.1) is 0 Å². The van der Waals surface area contributed by atoms with Gasteiger partial charge in [-0.2, -0.15) is 0 Å².